The number of imidazole rings is 2. The maximum atomic E-state index is 13.9. The number of hydrogen-bond acceptors (Lipinski definition) is 8. The average Bonchev–Trinajstić information content (AvgIpc) is 4.14. The molecule has 62 heavy (non-hydrogen) atoms. The van der Waals surface area contributed by atoms with Gasteiger partial charge < -0.3 is 39.9 Å². The van der Waals surface area contributed by atoms with Crippen molar-refractivity contribution in [3.05, 3.63) is 120 Å². The molecule has 0 bridgehead atoms. The second-order valence-electron chi connectivity index (χ2n) is 16.1. The van der Waals surface area contributed by atoms with Gasteiger partial charge in [-0.1, -0.05) is 74.5 Å². The Morgan fingerprint density at radius 2 is 1.16 bits per heavy atom. The standard InChI is InChI=1S/C47H49FN8O6/c1-27(2)40(53-46(59)61-3)44(57)55-21-5-7-38(55)43-50-26-37(52-43)34-16-15-32-23-31(13-14-33(32)24-34)28-9-11-29(12-10-28)36-25-49-42(51-36)39-8-6-22-56(39)45(58)41(54-47(60)62-4)30-17-19-35(48)20-18-30/h9-20,23-27,38-41H,5-8,21-22H2,1-4H3,(H,49,51)(H,50,52)(H,53,59)(H,54,60)/t38-,39-,40?,41+/m0/s1. The summed E-state index contributed by atoms with van der Waals surface area (Å²) in [4.78, 5) is 71.5. The first-order chi connectivity index (χ1) is 30.0. The molecule has 6 aromatic rings. The van der Waals surface area contributed by atoms with Gasteiger partial charge in [0.05, 0.1) is 50.1 Å². The highest BCUT2D eigenvalue weighted by Gasteiger charge is 2.39. The summed E-state index contributed by atoms with van der Waals surface area (Å²) in [7, 11) is 2.51. The van der Waals surface area contributed by atoms with Crippen molar-refractivity contribution in [2.45, 2.75) is 63.7 Å². The Kier molecular flexibility index (Phi) is 12.0. The van der Waals surface area contributed by atoms with Crippen molar-refractivity contribution in [3.63, 3.8) is 0 Å². The van der Waals surface area contributed by atoms with E-state index >= 15 is 0 Å². The van der Waals surface area contributed by atoms with Crippen molar-refractivity contribution in [2.75, 3.05) is 27.3 Å². The van der Waals surface area contributed by atoms with Gasteiger partial charge in [-0.2, -0.15) is 0 Å². The second kappa shape index (κ2) is 17.9. The summed E-state index contributed by atoms with van der Waals surface area (Å²) in [5, 5.41) is 7.46. The van der Waals surface area contributed by atoms with Crippen LogP contribution in [0.1, 0.15) is 74.9 Å². The number of benzene rings is 4. The zero-order valence-electron chi connectivity index (χ0n) is 35.0. The summed E-state index contributed by atoms with van der Waals surface area (Å²) >= 11 is 0. The number of amides is 4. The SMILES string of the molecule is COC(=O)NC(C(=O)N1CCC[C@H]1c1ncc(-c2ccc3cc(-c4ccc(-c5cnc([C@@H]6CCCN6C(=O)[C@H](NC(=O)OC)c6ccc(F)cc6)[nH]5)cc4)ccc3c2)[nH]1)C(C)C. The van der Waals surface area contributed by atoms with E-state index in [0.717, 1.165) is 63.7 Å². The van der Waals surface area contributed by atoms with Crippen LogP contribution in [0.3, 0.4) is 0 Å². The lowest BCUT2D eigenvalue weighted by Gasteiger charge is -2.30. The van der Waals surface area contributed by atoms with Crippen molar-refractivity contribution < 1.29 is 33.0 Å². The van der Waals surface area contributed by atoms with Gasteiger partial charge >= 0.3 is 12.2 Å². The molecule has 8 rings (SSSR count). The third-order valence-corrected chi connectivity index (χ3v) is 11.9. The first-order valence-electron chi connectivity index (χ1n) is 20.8. The molecule has 4 aromatic carbocycles. The summed E-state index contributed by atoms with van der Waals surface area (Å²) in [6.07, 6.45) is 5.24. The van der Waals surface area contributed by atoms with Crippen LogP contribution in [0.25, 0.3) is 44.4 Å². The van der Waals surface area contributed by atoms with Crippen LogP contribution in [0.5, 0.6) is 0 Å². The smallest absolute Gasteiger partial charge is 0.407 e. The summed E-state index contributed by atoms with van der Waals surface area (Å²) in [6.45, 7) is 4.86. The summed E-state index contributed by atoms with van der Waals surface area (Å²) in [5.41, 5.74) is 6.14. The molecule has 4 N–H and O–H groups in total. The zero-order chi connectivity index (χ0) is 43.5. The number of alkyl carbamates (subject to hydrolysis) is 2. The molecule has 14 nitrogen and oxygen atoms in total. The summed E-state index contributed by atoms with van der Waals surface area (Å²) in [6, 6.07) is 24.0. The maximum absolute atomic E-state index is 13.9. The molecule has 4 atom stereocenters. The van der Waals surface area contributed by atoms with Gasteiger partial charge in [-0.05, 0) is 88.9 Å². The largest absolute Gasteiger partial charge is 0.453 e. The van der Waals surface area contributed by atoms with Crippen LogP contribution in [0.2, 0.25) is 0 Å². The Morgan fingerprint density at radius 1 is 0.661 bits per heavy atom. The monoisotopic (exact) mass is 840 g/mol. The molecule has 2 aliphatic rings. The lowest BCUT2D eigenvalue weighted by molar-refractivity contribution is -0.135. The van der Waals surface area contributed by atoms with Gasteiger partial charge in [0.15, 0.2) is 0 Å². The van der Waals surface area contributed by atoms with E-state index in [1.54, 1.807) is 16.0 Å². The number of aromatic nitrogens is 4. The minimum Gasteiger partial charge on any atom is -0.453 e. The van der Waals surface area contributed by atoms with E-state index in [1.807, 2.05) is 32.2 Å². The van der Waals surface area contributed by atoms with Crippen molar-refractivity contribution in [3.8, 4) is 33.6 Å². The number of nitrogens with one attached hydrogen (secondary N) is 4. The van der Waals surface area contributed by atoms with Gasteiger partial charge in [-0.25, -0.2) is 23.9 Å². The molecule has 320 valence electrons. The molecule has 2 fully saturated rings. The number of nitrogens with zero attached hydrogens (tertiary/aromatic N) is 4. The van der Waals surface area contributed by atoms with Crippen LogP contribution in [0.15, 0.2) is 97.3 Å². The number of carbonyl (C=O) groups is 4. The molecule has 4 amide bonds. The Morgan fingerprint density at radius 3 is 1.74 bits per heavy atom. The molecule has 4 heterocycles. The number of halogens is 1. The number of methoxy groups -OCH3 is 2. The van der Waals surface area contributed by atoms with E-state index in [4.69, 9.17) is 14.5 Å². The maximum Gasteiger partial charge on any atom is 0.407 e. The number of fused-ring (bicyclic) bond motifs is 1. The molecule has 2 saturated heterocycles. The van der Waals surface area contributed by atoms with Gasteiger partial charge in [0, 0.05) is 18.7 Å². The first kappa shape index (κ1) is 41.7. The molecular weight excluding hydrogens is 792 g/mol. The van der Waals surface area contributed by atoms with Crippen molar-refractivity contribution in [1.29, 1.82) is 0 Å². The molecule has 0 saturated carbocycles. The Bertz CT molecular complexity index is 2590. The number of hydrogen-bond donors (Lipinski definition) is 4. The van der Waals surface area contributed by atoms with Gasteiger partial charge in [0.2, 0.25) is 5.91 Å². The van der Waals surface area contributed by atoms with Crippen molar-refractivity contribution >= 4 is 34.8 Å². The third kappa shape index (κ3) is 8.60. The molecule has 0 aliphatic carbocycles. The number of likely N-dealkylation sites (tertiary alicyclic amines) is 2. The first-order valence-corrected chi connectivity index (χ1v) is 20.8. The third-order valence-electron chi connectivity index (χ3n) is 11.9. The Hall–Kier alpha value is -7.03. The van der Waals surface area contributed by atoms with Crippen LogP contribution in [-0.4, -0.2) is 87.1 Å². The van der Waals surface area contributed by atoms with E-state index < -0.39 is 30.1 Å². The van der Waals surface area contributed by atoms with Gasteiger partial charge in [0.1, 0.15) is 29.5 Å². The minimum atomic E-state index is -1.05. The Balaban J connectivity index is 0.942. The number of carbonyl (C=O) groups excluding carboxylic acids is 4. The highest BCUT2D eigenvalue weighted by Crippen LogP contribution is 2.36. The lowest BCUT2D eigenvalue weighted by Crippen LogP contribution is -2.51. The fourth-order valence-electron chi connectivity index (χ4n) is 8.53. The predicted molar refractivity (Wildman–Crippen MR) is 231 cm³/mol. The topological polar surface area (TPSA) is 175 Å². The summed E-state index contributed by atoms with van der Waals surface area (Å²) < 4.78 is 23.3. The lowest BCUT2D eigenvalue weighted by atomic mass is 9.98. The molecule has 1 unspecified atom stereocenters. The summed E-state index contributed by atoms with van der Waals surface area (Å²) in [5.74, 6) is 0.324. The number of H-pyrrole nitrogens is 2. The molecular formula is C47H49FN8O6. The number of rotatable bonds is 11. The van der Waals surface area contributed by atoms with Gasteiger partial charge in [-0.15, -0.1) is 0 Å². The average molecular weight is 841 g/mol. The number of ether oxygens (including phenoxy) is 2. The number of aromatic amines is 2. The molecule has 0 spiro atoms. The van der Waals surface area contributed by atoms with Crippen LogP contribution in [0, 0.1) is 11.7 Å². The van der Waals surface area contributed by atoms with Crippen molar-refractivity contribution in [2.24, 2.45) is 5.92 Å². The highest BCUT2D eigenvalue weighted by molar-refractivity contribution is 5.91. The fraction of sp³-hybridized carbons (Fsp3) is 0.319. The second-order valence-corrected chi connectivity index (χ2v) is 16.1. The van der Waals surface area contributed by atoms with E-state index in [2.05, 4.69) is 74.1 Å². The highest BCUT2D eigenvalue weighted by atomic mass is 19.1. The normalized spacial score (nSPS) is 17.3. The molecule has 0 radical (unpaired) electrons. The Labute approximate surface area is 358 Å². The van der Waals surface area contributed by atoms with Crippen LogP contribution < -0.4 is 10.6 Å². The van der Waals surface area contributed by atoms with Crippen LogP contribution in [0.4, 0.5) is 14.0 Å². The fourth-order valence-corrected chi connectivity index (χ4v) is 8.53. The van der Waals surface area contributed by atoms with Gasteiger partial charge in [0.25, 0.3) is 5.91 Å². The molecule has 15 heteroatoms. The van der Waals surface area contributed by atoms with Crippen molar-refractivity contribution in [1.82, 2.24) is 40.4 Å². The predicted octanol–water partition coefficient (Wildman–Crippen LogP) is 8.23. The van der Waals surface area contributed by atoms with E-state index in [9.17, 15) is 23.6 Å². The molecule has 2 aromatic heterocycles. The van der Waals surface area contributed by atoms with E-state index in [-0.39, 0.29) is 29.8 Å². The van der Waals surface area contributed by atoms with Crippen LogP contribution in [-0.2, 0) is 19.1 Å². The minimum absolute atomic E-state index is 0.115. The van der Waals surface area contributed by atoms with Crippen LogP contribution >= 0.6 is 0 Å². The zero-order valence-corrected chi connectivity index (χ0v) is 35.0. The molecule has 2 aliphatic heterocycles. The van der Waals surface area contributed by atoms with E-state index in [0.29, 0.717) is 36.7 Å². The van der Waals surface area contributed by atoms with E-state index in [1.165, 1.54) is 38.5 Å². The van der Waals surface area contributed by atoms with Gasteiger partial charge in [-0.3, -0.25) is 9.59 Å². The quantitative estimate of drug-likeness (QED) is 0.101.